The first kappa shape index (κ1) is 29.3. The van der Waals surface area contributed by atoms with Crippen molar-refractivity contribution in [3.63, 3.8) is 0 Å². The van der Waals surface area contributed by atoms with Crippen LogP contribution in [0, 0.1) is 6.92 Å². The topological polar surface area (TPSA) is 90.0 Å². The van der Waals surface area contributed by atoms with E-state index < -0.39 is 0 Å². The second kappa shape index (κ2) is 29.8. The fraction of sp³-hybridized carbons (Fsp3) is 0.875. The first-order valence-corrected chi connectivity index (χ1v) is 3.71. The molecule has 0 unspecified atom stereocenters. The third kappa shape index (κ3) is 30.9. The standard InChI is InChI=1S/C8H17.Hf.3H2O/c1-3-5-7-8-6-4-2;;;;/h1,3-8H2,2H3;;3*1H2/q-1;+4;;;/p-3. The minimum atomic E-state index is 0. The molecule has 0 spiro atoms. The monoisotopic (exact) mass is 344 g/mol. The van der Waals surface area contributed by atoms with E-state index in [1.54, 1.807) is 0 Å². The molecule has 4 heteroatoms. The molecule has 0 amide bonds. The van der Waals surface area contributed by atoms with E-state index in [1.807, 2.05) is 0 Å². The van der Waals surface area contributed by atoms with Crippen molar-refractivity contribution in [1.29, 1.82) is 0 Å². The second-order valence-electron chi connectivity index (χ2n) is 2.27. The number of rotatable bonds is 5. The van der Waals surface area contributed by atoms with Gasteiger partial charge >= 0.3 is 25.8 Å². The summed E-state index contributed by atoms with van der Waals surface area (Å²) in [6, 6.07) is 0. The van der Waals surface area contributed by atoms with Crippen LogP contribution in [-0.4, -0.2) is 16.4 Å². The van der Waals surface area contributed by atoms with Crippen LogP contribution in [0.3, 0.4) is 0 Å². The Hall–Kier alpha value is 0.750. The molecule has 74 valence electrons. The van der Waals surface area contributed by atoms with Crippen molar-refractivity contribution >= 4 is 0 Å². The van der Waals surface area contributed by atoms with Gasteiger partial charge in [-0.3, -0.25) is 0 Å². The third-order valence-corrected chi connectivity index (χ3v) is 1.35. The first-order valence-electron chi connectivity index (χ1n) is 3.71. The average Bonchev–Trinajstić information content (AvgIpc) is 1.81. The molecule has 0 saturated carbocycles. The van der Waals surface area contributed by atoms with Crippen LogP contribution in [-0.2, 0) is 25.8 Å². The summed E-state index contributed by atoms with van der Waals surface area (Å²) in [7, 11) is 0. The predicted molar refractivity (Wildman–Crippen MR) is 44.5 cm³/mol. The molecule has 0 saturated heterocycles. The largest absolute Gasteiger partial charge is 4.00 e. The van der Waals surface area contributed by atoms with Gasteiger partial charge in [0.15, 0.2) is 0 Å². The molecular weight excluding hydrogens is 323 g/mol. The van der Waals surface area contributed by atoms with Gasteiger partial charge in [-0.25, -0.2) is 0 Å². The van der Waals surface area contributed by atoms with Gasteiger partial charge in [0, 0.05) is 0 Å². The molecule has 0 bridgehead atoms. The minimum Gasteiger partial charge on any atom is -0.870 e. The summed E-state index contributed by atoms with van der Waals surface area (Å²) < 4.78 is 0. The smallest absolute Gasteiger partial charge is 0.870 e. The van der Waals surface area contributed by atoms with E-state index in [0.717, 1.165) is 6.42 Å². The molecule has 0 fully saturated rings. The second-order valence-corrected chi connectivity index (χ2v) is 2.27. The minimum absolute atomic E-state index is 0. The van der Waals surface area contributed by atoms with Gasteiger partial charge in [0.25, 0.3) is 0 Å². The van der Waals surface area contributed by atoms with Crippen LogP contribution in [0.25, 0.3) is 0 Å². The van der Waals surface area contributed by atoms with E-state index in [-0.39, 0.29) is 42.3 Å². The van der Waals surface area contributed by atoms with Crippen LogP contribution in [0.2, 0.25) is 0 Å². The van der Waals surface area contributed by atoms with Crippen molar-refractivity contribution in [2.75, 3.05) is 0 Å². The Bertz CT molecular complexity index is 39.3. The molecule has 0 radical (unpaired) electrons. The molecule has 0 aromatic carbocycles. The quantitative estimate of drug-likeness (QED) is 0.437. The molecule has 3 N–H and O–H groups in total. The summed E-state index contributed by atoms with van der Waals surface area (Å²) in [5.74, 6) is 0. The molecule has 3 nitrogen and oxygen atoms in total. The molecule has 0 aliphatic heterocycles. The molecule has 0 aromatic rings. The molecular formula is C8H20HfO3. The van der Waals surface area contributed by atoms with E-state index in [0.29, 0.717) is 0 Å². The van der Waals surface area contributed by atoms with Gasteiger partial charge in [-0.15, -0.1) is 0 Å². The molecule has 0 heterocycles. The van der Waals surface area contributed by atoms with Crippen molar-refractivity contribution in [1.82, 2.24) is 0 Å². The van der Waals surface area contributed by atoms with Gasteiger partial charge in [-0.05, 0) is 0 Å². The maximum Gasteiger partial charge on any atom is 4.00 e. The Kier molecular flexibility index (Phi) is 72.8. The summed E-state index contributed by atoms with van der Waals surface area (Å²) in [6.45, 7) is 6.02. The summed E-state index contributed by atoms with van der Waals surface area (Å²) in [4.78, 5) is 0. The van der Waals surface area contributed by atoms with E-state index in [1.165, 1.54) is 32.1 Å². The molecule has 0 aliphatic carbocycles. The van der Waals surface area contributed by atoms with E-state index in [2.05, 4.69) is 13.8 Å². The van der Waals surface area contributed by atoms with Crippen LogP contribution < -0.4 is 0 Å². The zero-order valence-electron chi connectivity index (χ0n) is 7.79. The zero-order valence-corrected chi connectivity index (χ0v) is 11.4. The van der Waals surface area contributed by atoms with Gasteiger partial charge in [0.2, 0.25) is 0 Å². The van der Waals surface area contributed by atoms with Crippen molar-refractivity contribution < 1.29 is 42.3 Å². The van der Waals surface area contributed by atoms with Crippen molar-refractivity contribution in [2.45, 2.75) is 45.4 Å². The van der Waals surface area contributed by atoms with Crippen LogP contribution in [0.5, 0.6) is 0 Å². The van der Waals surface area contributed by atoms with Gasteiger partial charge in [0.1, 0.15) is 0 Å². The number of hydrogen-bond donors (Lipinski definition) is 0. The van der Waals surface area contributed by atoms with Gasteiger partial charge < -0.3 is 23.4 Å². The fourth-order valence-corrected chi connectivity index (χ4v) is 0.780. The van der Waals surface area contributed by atoms with Crippen LogP contribution in [0.15, 0.2) is 0 Å². The molecule has 12 heavy (non-hydrogen) atoms. The van der Waals surface area contributed by atoms with Gasteiger partial charge in [0.05, 0.1) is 0 Å². The Morgan fingerprint density at radius 2 is 1.25 bits per heavy atom. The Labute approximate surface area is 94.6 Å². The van der Waals surface area contributed by atoms with Crippen molar-refractivity contribution in [3.05, 3.63) is 6.92 Å². The van der Waals surface area contributed by atoms with E-state index in [9.17, 15) is 0 Å². The van der Waals surface area contributed by atoms with E-state index >= 15 is 0 Å². The third-order valence-electron chi connectivity index (χ3n) is 1.35. The predicted octanol–water partition coefficient (Wildman–Crippen LogP) is 2.65. The average molecular weight is 343 g/mol. The summed E-state index contributed by atoms with van der Waals surface area (Å²) in [5, 5.41) is 0. The van der Waals surface area contributed by atoms with Crippen LogP contribution in [0.1, 0.15) is 45.4 Å². The first-order chi connectivity index (χ1) is 3.91. The van der Waals surface area contributed by atoms with Gasteiger partial charge in [-0.1, -0.05) is 39.0 Å². The van der Waals surface area contributed by atoms with Crippen LogP contribution in [0.4, 0.5) is 0 Å². The number of hydrogen-bond acceptors (Lipinski definition) is 3. The maximum atomic E-state index is 3.78. The summed E-state index contributed by atoms with van der Waals surface area (Å²) >= 11 is 0. The fourth-order valence-electron chi connectivity index (χ4n) is 0.780. The Morgan fingerprint density at radius 1 is 0.833 bits per heavy atom. The maximum absolute atomic E-state index is 3.78. The van der Waals surface area contributed by atoms with Crippen LogP contribution >= 0.6 is 0 Å². The van der Waals surface area contributed by atoms with Crippen molar-refractivity contribution in [2.24, 2.45) is 0 Å². The Balaban J connectivity index is -0.0000000408. The molecule has 0 rings (SSSR count). The molecule has 0 aliphatic rings. The zero-order chi connectivity index (χ0) is 6.24. The van der Waals surface area contributed by atoms with Crippen molar-refractivity contribution in [3.8, 4) is 0 Å². The van der Waals surface area contributed by atoms with Gasteiger partial charge in [-0.2, -0.15) is 6.42 Å². The van der Waals surface area contributed by atoms with E-state index in [4.69, 9.17) is 0 Å². The summed E-state index contributed by atoms with van der Waals surface area (Å²) in [5.41, 5.74) is 0. The number of unbranched alkanes of at least 4 members (excludes halogenated alkanes) is 5. The SMILES string of the molecule is [CH2-]CCCCCCC.[Hf+4].[OH-].[OH-].[OH-]. The molecule has 0 atom stereocenters. The normalized spacial score (nSPS) is 6.50. The summed E-state index contributed by atoms with van der Waals surface area (Å²) in [6.07, 6.45) is 7.98. The Morgan fingerprint density at radius 3 is 1.58 bits per heavy atom. The molecule has 0 aromatic heterocycles.